The van der Waals surface area contributed by atoms with Gasteiger partial charge in [0.2, 0.25) is 0 Å². The molecule has 0 aliphatic heterocycles. The fourth-order valence-corrected chi connectivity index (χ4v) is 4.18. The van der Waals surface area contributed by atoms with Gasteiger partial charge in [-0.05, 0) is 50.8 Å². The van der Waals surface area contributed by atoms with Crippen LogP contribution in [0, 0.1) is 19.8 Å². The molecule has 2 aromatic heterocycles. The van der Waals surface area contributed by atoms with E-state index in [9.17, 15) is 0 Å². The van der Waals surface area contributed by atoms with Crippen LogP contribution in [0.5, 0.6) is 0 Å². The van der Waals surface area contributed by atoms with Gasteiger partial charge in [0.1, 0.15) is 0 Å². The maximum absolute atomic E-state index is 4.44. The van der Waals surface area contributed by atoms with Crippen molar-refractivity contribution in [1.82, 2.24) is 14.9 Å². The molecule has 1 fully saturated rings. The lowest BCUT2D eigenvalue weighted by atomic mass is 9.89. The maximum Gasteiger partial charge on any atom is 0.193 e. The predicted molar refractivity (Wildman–Crippen MR) is 89.2 cm³/mol. The van der Waals surface area contributed by atoms with Gasteiger partial charge >= 0.3 is 0 Å². The van der Waals surface area contributed by atoms with Crippen molar-refractivity contribution in [3.05, 3.63) is 34.6 Å². The molecule has 1 saturated carbocycles. The monoisotopic (exact) mass is 303 g/mol. The highest BCUT2D eigenvalue weighted by molar-refractivity contribution is 7.12. The van der Waals surface area contributed by atoms with E-state index >= 15 is 0 Å². The van der Waals surface area contributed by atoms with Crippen LogP contribution in [0.25, 0.3) is 5.13 Å². The van der Waals surface area contributed by atoms with Crippen molar-refractivity contribution in [3.8, 4) is 5.13 Å². The van der Waals surface area contributed by atoms with Crippen molar-refractivity contribution >= 4 is 11.3 Å². The molecule has 1 N–H and O–H groups in total. The lowest BCUT2D eigenvalue weighted by Gasteiger charge is -2.21. The summed E-state index contributed by atoms with van der Waals surface area (Å²) in [5, 5.41) is 6.78. The first-order valence-electron chi connectivity index (χ1n) is 8.04. The molecule has 1 aliphatic rings. The molecule has 1 aliphatic carbocycles. The Hall–Kier alpha value is -1.13. The molecule has 2 heterocycles. The van der Waals surface area contributed by atoms with Crippen molar-refractivity contribution in [2.45, 2.75) is 52.5 Å². The van der Waals surface area contributed by atoms with Crippen LogP contribution in [-0.4, -0.2) is 16.1 Å². The van der Waals surface area contributed by atoms with Gasteiger partial charge in [-0.3, -0.25) is 4.57 Å². The smallest absolute Gasteiger partial charge is 0.193 e. The Bertz CT molecular complexity index is 565. The molecule has 114 valence electrons. The fourth-order valence-electron chi connectivity index (χ4n) is 3.43. The van der Waals surface area contributed by atoms with Crippen LogP contribution in [0.3, 0.4) is 0 Å². The van der Waals surface area contributed by atoms with Gasteiger partial charge in [0.05, 0.1) is 0 Å². The summed E-state index contributed by atoms with van der Waals surface area (Å²) in [5.74, 6) is 0.890. The average molecular weight is 303 g/mol. The zero-order valence-corrected chi connectivity index (χ0v) is 13.9. The molecule has 4 heteroatoms. The zero-order chi connectivity index (χ0) is 14.7. The van der Waals surface area contributed by atoms with Crippen molar-refractivity contribution < 1.29 is 0 Å². The number of aryl methyl sites for hydroxylation is 1. The second kappa shape index (κ2) is 6.75. The van der Waals surface area contributed by atoms with Crippen LogP contribution < -0.4 is 5.32 Å². The highest BCUT2D eigenvalue weighted by atomic mass is 32.1. The average Bonchev–Trinajstić information content (AvgIpc) is 3.09. The van der Waals surface area contributed by atoms with Crippen LogP contribution in [0.1, 0.15) is 49.1 Å². The van der Waals surface area contributed by atoms with Gasteiger partial charge in [-0.25, -0.2) is 4.98 Å². The molecule has 3 rings (SSSR count). The molecule has 0 aromatic carbocycles. The molecule has 0 spiro atoms. The van der Waals surface area contributed by atoms with E-state index in [0.717, 1.165) is 17.6 Å². The van der Waals surface area contributed by atoms with Crippen LogP contribution in [0.15, 0.2) is 17.6 Å². The molecule has 0 atom stereocenters. The van der Waals surface area contributed by atoms with E-state index in [1.807, 2.05) is 11.6 Å². The molecular formula is C17H25N3S. The maximum atomic E-state index is 4.44. The number of rotatable bonds is 5. The Labute approximate surface area is 131 Å². The Morgan fingerprint density at radius 2 is 2.10 bits per heavy atom. The quantitative estimate of drug-likeness (QED) is 0.896. The highest BCUT2D eigenvalue weighted by Gasteiger charge is 2.15. The van der Waals surface area contributed by atoms with Gasteiger partial charge in [-0.1, -0.05) is 19.3 Å². The van der Waals surface area contributed by atoms with Gasteiger partial charge < -0.3 is 5.32 Å². The van der Waals surface area contributed by atoms with Crippen LogP contribution >= 0.6 is 11.3 Å². The number of nitrogens with one attached hydrogen (secondary N) is 1. The minimum Gasteiger partial charge on any atom is -0.312 e. The van der Waals surface area contributed by atoms with Crippen molar-refractivity contribution in [1.29, 1.82) is 0 Å². The van der Waals surface area contributed by atoms with Gasteiger partial charge in [-0.2, -0.15) is 0 Å². The molecular weight excluding hydrogens is 278 g/mol. The summed E-state index contributed by atoms with van der Waals surface area (Å²) in [6, 6.07) is 2.30. The summed E-state index contributed by atoms with van der Waals surface area (Å²) < 4.78 is 2.27. The minimum atomic E-state index is 0.890. The molecule has 0 saturated heterocycles. The summed E-state index contributed by atoms with van der Waals surface area (Å²) >= 11 is 1.70. The van der Waals surface area contributed by atoms with Crippen molar-refractivity contribution in [2.75, 3.05) is 6.54 Å². The third kappa shape index (κ3) is 3.38. The molecule has 3 nitrogen and oxygen atoms in total. The summed E-state index contributed by atoms with van der Waals surface area (Å²) in [6.45, 7) is 6.51. The van der Waals surface area contributed by atoms with E-state index in [1.54, 1.807) is 11.3 Å². The SMILES string of the molecule is Cc1cc(CNCC2CCCCC2)c(C)n1-c1nccs1. The summed E-state index contributed by atoms with van der Waals surface area (Å²) in [5.41, 5.74) is 3.99. The molecule has 21 heavy (non-hydrogen) atoms. The third-order valence-corrected chi connectivity index (χ3v) is 5.38. The van der Waals surface area contributed by atoms with Gasteiger partial charge in [0.25, 0.3) is 0 Å². The Kier molecular flexibility index (Phi) is 4.76. The second-order valence-electron chi connectivity index (χ2n) is 6.18. The summed E-state index contributed by atoms with van der Waals surface area (Å²) in [4.78, 5) is 4.44. The van der Waals surface area contributed by atoms with E-state index < -0.39 is 0 Å². The largest absolute Gasteiger partial charge is 0.312 e. The third-order valence-electron chi connectivity index (χ3n) is 4.62. The Balaban J connectivity index is 1.62. The van der Waals surface area contributed by atoms with Crippen molar-refractivity contribution in [2.24, 2.45) is 5.92 Å². The zero-order valence-electron chi connectivity index (χ0n) is 13.1. The van der Waals surface area contributed by atoms with E-state index in [0.29, 0.717) is 0 Å². The molecule has 0 radical (unpaired) electrons. The normalized spacial score (nSPS) is 16.5. The van der Waals surface area contributed by atoms with Crippen LogP contribution in [0.2, 0.25) is 0 Å². The Morgan fingerprint density at radius 3 is 2.81 bits per heavy atom. The topological polar surface area (TPSA) is 29.9 Å². The van der Waals surface area contributed by atoms with Gasteiger partial charge in [0, 0.05) is 29.5 Å². The lowest BCUT2D eigenvalue weighted by molar-refractivity contribution is 0.342. The Morgan fingerprint density at radius 1 is 1.29 bits per heavy atom. The van der Waals surface area contributed by atoms with E-state index in [1.165, 1.54) is 55.6 Å². The number of hydrogen-bond donors (Lipinski definition) is 1. The van der Waals surface area contributed by atoms with Crippen LogP contribution in [0.4, 0.5) is 0 Å². The minimum absolute atomic E-state index is 0.890. The molecule has 2 aromatic rings. The van der Waals surface area contributed by atoms with Crippen LogP contribution in [-0.2, 0) is 6.54 Å². The van der Waals surface area contributed by atoms with Gasteiger partial charge in [-0.15, -0.1) is 11.3 Å². The van der Waals surface area contributed by atoms with E-state index in [-0.39, 0.29) is 0 Å². The summed E-state index contributed by atoms with van der Waals surface area (Å²) in [7, 11) is 0. The molecule has 0 bridgehead atoms. The summed E-state index contributed by atoms with van der Waals surface area (Å²) in [6.07, 6.45) is 8.97. The van der Waals surface area contributed by atoms with E-state index in [4.69, 9.17) is 0 Å². The van der Waals surface area contributed by atoms with Crippen molar-refractivity contribution in [3.63, 3.8) is 0 Å². The first-order valence-corrected chi connectivity index (χ1v) is 8.92. The number of nitrogens with zero attached hydrogens (tertiary/aromatic N) is 2. The number of thiazole rings is 1. The molecule has 0 unspecified atom stereocenters. The number of aromatic nitrogens is 2. The number of hydrogen-bond acceptors (Lipinski definition) is 3. The second-order valence-corrected chi connectivity index (χ2v) is 7.05. The first-order chi connectivity index (χ1) is 10.3. The predicted octanol–water partition coefficient (Wildman–Crippen LogP) is 4.22. The standard InChI is InChI=1S/C17H25N3S/c1-13-10-16(12-18-11-15-6-4-3-5-7-15)14(2)20(13)17-19-8-9-21-17/h8-10,15,18H,3-7,11-12H2,1-2H3. The molecule has 0 amide bonds. The fraction of sp³-hybridized carbons (Fsp3) is 0.588. The highest BCUT2D eigenvalue weighted by Crippen LogP contribution is 2.24. The first kappa shape index (κ1) is 14.8. The van der Waals surface area contributed by atoms with Gasteiger partial charge in [0.15, 0.2) is 5.13 Å². The lowest BCUT2D eigenvalue weighted by Crippen LogP contribution is -2.24. The van der Waals surface area contributed by atoms with E-state index in [2.05, 4.69) is 34.8 Å².